The standard InChI is InChI=1S/C10H8IN3O4S/c11-6-1-3-7(4-2-6)19(17,18)14-9-5-8(10(15)16)12-13-9/h1-5H,(H,15,16)(H2,12,13,14). The van der Waals surface area contributed by atoms with E-state index in [0.29, 0.717) is 0 Å². The molecule has 9 heteroatoms. The summed E-state index contributed by atoms with van der Waals surface area (Å²) in [6.45, 7) is 0. The molecule has 3 N–H and O–H groups in total. The largest absolute Gasteiger partial charge is 0.477 e. The number of halogens is 1. The number of nitrogens with one attached hydrogen (secondary N) is 2. The highest BCUT2D eigenvalue weighted by Crippen LogP contribution is 2.16. The van der Waals surface area contributed by atoms with E-state index in [9.17, 15) is 13.2 Å². The number of rotatable bonds is 4. The maximum atomic E-state index is 12.0. The van der Waals surface area contributed by atoms with Gasteiger partial charge in [0.1, 0.15) is 5.69 Å². The van der Waals surface area contributed by atoms with E-state index in [1.165, 1.54) is 12.1 Å². The molecular weight excluding hydrogens is 385 g/mol. The molecule has 0 aliphatic heterocycles. The average Bonchev–Trinajstić information content (AvgIpc) is 2.77. The molecule has 0 bridgehead atoms. The predicted octanol–water partition coefficient (Wildman–Crippen LogP) is 1.51. The van der Waals surface area contributed by atoms with Crippen LogP contribution in [-0.4, -0.2) is 29.7 Å². The van der Waals surface area contributed by atoms with Crippen LogP contribution in [0.15, 0.2) is 35.2 Å². The number of carboxylic acid groups (broad SMARTS) is 1. The molecule has 0 unspecified atom stereocenters. The quantitative estimate of drug-likeness (QED) is 0.682. The summed E-state index contributed by atoms with van der Waals surface area (Å²) in [5, 5.41) is 14.5. The van der Waals surface area contributed by atoms with Crippen molar-refractivity contribution in [3.05, 3.63) is 39.6 Å². The fourth-order valence-corrected chi connectivity index (χ4v) is 2.65. The first-order valence-electron chi connectivity index (χ1n) is 4.95. The van der Waals surface area contributed by atoms with Crippen LogP contribution in [0.2, 0.25) is 0 Å². The number of hydrogen-bond acceptors (Lipinski definition) is 4. The normalized spacial score (nSPS) is 11.2. The summed E-state index contributed by atoms with van der Waals surface area (Å²) < 4.78 is 27.1. The highest BCUT2D eigenvalue weighted by molar-refractivity contribution is 14.1. The molecule has 7 nitrogen and oxygen atoms in total. The molecule has 0 saturated heterocycles. The van der Waals surface area contributed by atoms with Gasteiger partial charge < -0.3 is 5.11 Å². The highest BCUT2D eigenvalue weighted by atomic mass is 127. The predicted molar refractivity (Wildman–Crippen MR) is 75.5 cm³/mol. The average molecular weight is 393 g/mol. The molecule has 0 aliphatic carbocycles. The van der Waals surface area contributed by atoms with Gasteiger partial charge in [-0.1, -0.05) is 0 Å². The van der Waals surface area contributed by atoms with Crippen molar-refractivity contribution in [2.75, 3.05) is 4.72 Å². The van der Waals surface area contributed by atoms with Crippen LogP contribution in [0.1, 0.15) is 10.5 Å². The Hall–Kier alpha value is -1.62. The monoisotopic (exact) mass is 393 g/mol. The van der Waals surface area contributed by atoms with E-state index in [2.05, 4.69) is 37.5 Å². The zero-order chi connectivity index (χ0) is 14.0. The maximum absolute atomic E-state index is 12.0. The zero-order valence-corrected chi connectivity index (χ0v) is 12.3. The Labute approximate surface area is 122 Å². The van der Waals surface area contributed by atoms with E-state index >= 15 is 0 Å². The van der Waals surface area contributed by atoms with Crippen molar-refractivity contribution in [2.45, 2.75) is 4.90 Å². The number of anilines is 1. The fraction of sp³-hybridized carbons (Fsp3) is 0. The summed E-state index contributed by atoms with van der Waals surface area (Å²) in [6, 6.07) is 7.32. The molecular formula is C10H8IN3O4S. The lowest BCUT2D eigenvalue weighted by molar-refractivity contribution is 0.0690. The van der Waals surface area contributed by atoms with Crippen molar-refractivity contribution in [3.8, 4) is 0 Å². The van der Waals surface area contributed by atoms with Gasteiger partial charge in [-0.3, -0.25) is 9.82 Å². The first-order valence-corrected chi connectivity index (χ1v) is 7.52. The van der Waals surface area contributed by atoms with Crippen molar-refractivity contribution >= 4 is 44.4 Å². The van der Waals surface area contributed by atoms with Gasteiger partial charge in [0.25, 0.3) is 10.0 Å². The smallest absolute Gasteiger partial charge is 0.353 e. The molecule has 1 aromatic heterocycles. The van der Waals surface area contributed by atoms with Gasteiger partial charge in [-0.05, 0) is 46.9 Å². The summed E-state index contributed by atoms with van der Waals surface area (Å²) in [5.74, 6) is -1.29. The molecule has 0 aliphatic rings. The number of carboxylic acids is 1. The van der Waals surface area contributed by atoms with Crippen LogP contribution in [0.25, 0.3) is 0 Å². The number of nitrogens with zero attached hydrogens (tertiary/aromatic N) is 1. The molecule has 2 aromatic rings. The molecule has 0 spiro atoms. The Balaban J connectivity index is 2.25. The number of aromatic nitrogens is 2. The molecule has 0 atom stereocenters. The second-order valence-corrected chi connectivity index (χ2v) is 6.46. The van der Waals surface area contributed by atoms with E-state index < -0.39 is 16.0 Å². The SMILES string of the molecule is O=C(O)c1cc(NS(=O)(=O)c2ccc(I)cc2)n[nH]1. The summed E-state index contributed by atoms with van der Waals surface area (Å²) in [5.41, 5.74) is -0.194. The number of aromatic carboxylic acids is 1. The molecule has 0 fully saturated rings. The van der Waals surface area contributed by atoms with Crippen LogP contribution in [-0.2, 0) is 10.0 Å². The van der Waals surface area contributed by atoms with Crippen molar-refractivity contribution in [1.29, 1.82) is 0 Å². The fourth-order valence-electron chi connectivity index (χ4n) is 1.29. The lowest BCUT2D eigenvalue weighted by Crippen LogP contribution is -2.13. The molecule has 0 radical (unpaired) electrons. The van der Waals surface area contributed by atoms with Crippen molar-refractivity contribution in [1.82, 2.24) is 10.2 Å². The van der Waals surface area contributed by atoms with Gasteiger partial charge in [0.05, 0.1) is 4.90 Å². The molecule has 19 heavy (non-hydrogen) atoms. The minimum absolute atomic E-state index is 0.0732. The van der Waals surface area contributed by atoms with Crippen molar-refractivity contribution < 1.29 is 18.3 Å². The van der Waals surface area contributed by atoms with Gasteiger partial charge in [0.2, 0.25) is 0 Å². The summed E-state index contributed by atoms with van der Waals surface area (Å²) in [7, 11) is -3.77. The summed E-state index contributed by atoms with van der Waals surface area (Å²) in [4.78, 5) is 10.7. The Morgan fingerprint density at radius 2 is 1.95 bits per heavy atom. The number of aromatic amines is 1. The van der Waals surface area contributed by atoms with Crippen molar-refractivity contribution in [3.63, 3.8) is 0 Å². The van der Waals surface area contributed by atoms with Crippen molar-refractivity contribution in [2.24, 2.45) is 0 Å². The molecule has 1 aromatic carbocycles. The van der Waals surface area contributed by atoms with Gasteiger partial charge in [0, 0.05) is 9.64 Å². The molecule has 1 heterocycles. The van der Waals surface area contributed by atoms with Crippen LogP contribution >= 0.6 is 22.6 Å². The van der Waals surface area contributed by atoms with Gasteiger partial charge in [-0.2, -0.15) is 5.10 Å². The first kappa shape index (κ1) is 13.8. The Bertz CT molecular complexity index is 709. The van der Waals surface area contributed by atoms with E-state index in [4.69, 9.17) is 5.11 Å². The lowest BCUT2D eigenvalue weighted by atomic mass is 10.4. The molecule has 100 valence electrons. The lowest BCUT2D eigenvalue weighted by Gasteiger charge is -2.04. The number of hydrogen-bond donors (Lipinski definition) is 3. The van der Waals surface area contributed by atoms with Gasteiger partial charge >= 0.3 is 5.97 Å². The van der Waals surface area contributed by atoms with Crippen LogP contribution in [0.5, 0.6) is 0 Å². The van der Waals surface area contributed by atoms with Crippen LogP contribution in [0.4, 0.5) is 5.82 Å². The minimum Gasteiger partial charge on any atom is -0.477 e. The van der Waals surface area contributed by atoms with Crippen LogP contribution in [0.3, 0.4) is 0 Å². The number of H-pyrrole nitrogens is 1. The minimum atomic E-state index is -3.77. The summed E-state index contributed by atoms with van der Waals surface area (Å²) >= 11 is 2.06. The third-order valence-corrected chi connectivity index (χ3v) is 4.26. The van der Waals surface area contributed by atoms with Crippen LogP contribution < -0.4 is 4.72 Å². The molecule has 0 saturated carbocycles. The first-order chi connectivity index (χ1) is 8.88. The van der Waals surface area contributed by atoms with Crippen LogP contribution in [0, 0.1) is 3.57 Å². The molecule has 2 rings (SSSR count). The van der Waals surface area contributed by atoms with E-state index in [1.807, 2.05) is 0 Å². The van der Waals surface area contributed by atoms with Gasteiger partial charge in [0.15, 0.2) is 5.82 Å². The topological polar surface area (TPSA) is 112 Å². The zero-order valence-electron chi connectivity index (χ0n) is 9.29. The Morgan fingerprint density at radius 1 is 1.32 bits per heavy atom. The third kappa shape index (κ3) is 3.23. The van der Waals surface area contributed by atoms with E-state index in [0.717, 1.165) is 9.64 Å². The second kappa shape index (κ2) is 5.17. The number of sulfonamides is 1. The number of carbonyl (C=O) groups is 1. The second-order valence-electron chi connectivity index (χ2n) is 3.53. The highest BCUT2D eigenvalue weighted by Gasteiger charge is 2.16. The Morgan fingerprint density at radius 3 is 2.47 bits per heavy atom. The summed E-state index contributed by atoms with van der Waals surface area (Å²) in [6.07, 6.45) is 0. The van der Waals surface area contributed by atoms with E-state index in [-0.39, 0.29) is 16.4 Å². The molecule has 0 amide bonds. The Kier molecular flexibility index (Phi) is 3.75. The van der Waals surface area contributed by atoms with E-state index in [1.54, 1.807) is 12.1 Å². The third-order valence-electron chi connectivity index (χ3n) is 2.17. The number of benzene rings is 1. The van der Waals surface area contributed by atoms with Gasteiger partial charge in [-0.15, -0.1) is 0 Å². The maximum Gasteiger partial charge on any atom is 0.353 e. The van der Waals surface area contributed by atoms with Gasteiger partial charge in [-0.25, -0.2) is 13.2 Å².